The van der Waals surface area contributed by atoms with Crippen LogP contribution in [0.5, 0.6) is 0 Å². The molecule has 2 aliphatic rings. The number of ether oxygens (including phenoxy) is 3. The van der Waals surface area contributed by atoms with Crippen molar-refractivity contribution in [3.05, 3.63) is 17.6 Å². The van der Waals surface area contributed by atoms with Crippen molar-refractivity contribution in [2.45, 2.75) is 25.8 Å². The van der Waals surface area contributed by atoms with Gasteiger partial charge < -0.3 is 19.5 Å². The van der Waals surface area contributed by atoms with Crippen LogP contribution in [-0.4, -0.2) is 89.7 Å². The van der Waals surface area contributed by atoms with Crippen LogP contribution in [0.4, 0.5) is 5.82 Å². The second-order valence-corrected chi connectivity index (χ2v) is 7.35. The summed E-state index contributed by atoms with van der Waals surface area (Å²) >= 11 is 0. The molecular formula is C19H28N6O4. The van der Waals surface area contributed by atoms with Crippen molar-refractivity contribution in [3.8, 4) is 0 Å². The lowest BCUT2D eigenvalue weighted by Crippen LogP contribution is -2.50. The number of anilines is 1. The van der Waals surface area contributed by atoms with Crippen LogP contribution in [0.2, 0.25) is 0 Å². The van der Waals surface area contributed by atoms with Gasteiger partial charge in [0.1, 0.15) is 5.82 Å². The molecule has 2 fully saturated rings. The zero-order chi connectivity index (χ0) is 20.2. The first-order chi connectivity index (χ1) is 14.2. The molecule has 4 rings (SSSR count). The lowest BCUT2D eigenvalue weighted by Gasteiger charge is -2.37. The van der Waals surface area contributed by atoms with Crippen LogP contribution in [0.1, 0.15) is 29.7 Å². The summed E-state index contributed by atoms with van der Waals surface area (Å²) in [6.45, 7) is 7.73. The number of morpholine rings is 1. The zero-order valence-electron chi connectivity index (χ0n) is 17.0. The van der Waals surface area contributed by atoms with Crippen LogP contribution >= 0.6 is 0 Å². The second-order valence-electron chi connectivity index (χ2n) is 7.35. The Kier molecular flexibility index (Phi) is 6.22. The van der Waals surface area contributed by atoms with E-state index < -0.39 is 5.97 Å². The largest absolute Gasteiger partial charge is 0.463 e. The van der Waals surface area contributed by atoms with Crippen molar-refractivity contribution in [1.82, 2.24) is 24.5 Å². The van der Waals surface area contributed by atoms with Gasteiger partial charge in [-0.1, -0.05) is 6.92 Å². The van der Waals surface area contributed by atoms with Crippen LogP contribution < -0.4 is 5.32 Å². The van der Waals surface area contributed by atoms with Gasteiger partial charge in [0.25, 0.3) is 11.6 Å². The van der Waals surface area contributed by atoms with Crippen molar-refractivity contribution in [2.75, 3.05) is 58.5 Å². The van der Waals surface area contributed by atoms with E-state index in [1.807, 2.05) is 13.0 Å². The molecule has 1 N–H and O–H groups in total. The van der Waals surface area contributed by atoms with Crippen LogP contribution in [-0.2, 0) is 20.6 Å². The highest BCUT2D eigenvalue weighted by Crippen LogP contribution is 2.23. The fourth-order valence-electron chi connectivity index (χ4n) is 3.97. The molecule has 10 nitrogen and oxygen atoms in total. The summed E-state index contributed by atoms with van der Waals surface area (Å²) in [5.74, 6) is 1.06. The molecule has 29 heavy (non-hydrogen) atoms. The molecule has 0 unspecified atom stereocenters. The summed E-state index contributed by atoms with van der Waals surface area (Å²) in [6, 6.07) is 2.29. The van der Waals surface area contributed by atoms with Crippen LogP contribution in [0.15, 0.2) is 6.07 Å². The molecular weight excluding hydrogens is 376 g/mol. The van der Waals surface area contributed by atoms with Gasteiger partial charge in [-0.15, -0.1) is 5.10 Å². The number of rotatable bonds is 7. The van der Waals surface area contributed by atoms with E-state index >= 15 is 0 Å². The minimum Gasteiger partial charge on any atom is -0.463 e. The minimum absolute atomic E-state index is 0.00484. The maximum Gasteiger partial charge on any atom is 0.378 e. The van der Waals surface area contributed by atoms with E-state index in [0.29, 0.717) is 17.7 Å². The number of methoxy groups -OCH3 is 1. The zero-order valence-corrected chi connectivity index (χ0v) is 17.0. The van der Waals surface area contributed by atoms with E-state index in [4.69, 9.17) is 14.2 Å². The SMILES string of the molecule is CCc1cc(NC[C@@H]([C@@H]2CCOC2)N2CCOCC2)n2nc(C(=O)OC)nc2n1. The third-order valence-corrected chi connectivity index (χ3v) is 5.61. The average molecular weight is 404 g/mol. The molecule has 4 heterocycles. The Bertz CT molecular complexity index is 845. The van der Waals surface area contributed by atoms with Crippen molar-refractivity contribution in [1.29, 1.82) is 0 Å². The number of hydrogen-bond donors (Lipinski definition) is 1. The predicted molar refractivity (Wildman–Crippen MR) is 105 cm³/mol. The standard InChI is InChI=1S/C19H28N6O4/c1-3-14-10-16(25-19(21-14)22-17(23-25)18(26)27-2)20-11-15(13-4-7-29-12-13)24-5-8-28-9-6-24/h10,13,15,20H,3-9,11-12H2,1-2H3/t13-,15+/m1/s1. The summed E-state index contributed by atoms with van der Waals surface area (Å²) < 4.78 is 17.5. The summed E-state index contributed by atoms with van der Waals surface area (Å²) in [5.41, 5.74) is 0.885. The molecule has 158 valence electrons. The van der Waals surface area contributed by atoms with Gasteiger partial charge in [-0.3, -0.25) is 4.90 Å². The molecule has 0 saturated carbocycles. The van der Waals surface area contributed by atoms with Crippen LogP contribution in [0.3, 0.4) is 0 Å². The molecule has 2 atom stereocenters. The summed E-state index contributed by atoms with van der Waals surface area (Å²) in [4.78, 5) is 23.0. The van der Waals surface area contributed by atoms with Gasteiger partial charge in [-0.25, -0.2) is 9.78 Å². The summed E-state index contributed by atoms with van der Waals surface area (Å²) in [6.07, 6.45) is 1.82. The topological polar surface area (TPSA) is 103 Å². The number of aryl methyl sites for hydroxylation is 1. The summed E-state index contributed by atoms with van der Waals surface area (Å²) in [5, 5.41) is 7.83. The van der Waals surface area contributed by atoms with E-state index in [2.05, 4.69) is 25.3 Å². The van der Waals surface area contributed by atoms with Crippen molar-refractivity contribution >= 4 is 17.6 Å². The number of aromatic nitrogens is 4. The molecule has 10 heteroatoms. The van der Waals surface area contributed by atoms with Gasteiger partial charge in [-0.2, -0.15) is 9.50 Å². The van der Waals surface area contributed by atoms with Gasteiger partial charge in [0.05, 0.1) is 26.9 Å². The van der Waals surface area contributed by atoms with Crippen molar-refractivity contribution in [2.24, 2.45) is 5.92 Å². The Morgan fingerprint density at radius 1 is 1.31 bits per heavy atom. The first kappa shape index (κ1) is 20.0. The maximum atomic E-state index is 11.9. The van der Waals surface area contributed by atoms with E-state index in [0.717, 1.165) is 70.4 Å². The first-order valence-electron chi connectivity index (χ1n) is 10.2. The Balaban J connectivity index is 1.59. The number of hydrogen-bond acceptors (Lipinski definition) is 9. The number of esters is 1. The fraction of sp³-hybridized carbons (Fsp3) is 0.684. The summed E-state index contributed by atoms with van der Waals surface area (Å²) in [7, 11) is 1.31. The number of carbonyl (C=O) groups excluding carboxylic acids is 1. The van der Waals surface area contributed by atoms with Gasteiger partial charge >= 0.3 is 5.97 Å². The van der Waals surface area contributed by atoms with Gasteiger partial charge in [0.2, 0.25) is 0 Å². The predicted octanol–water partition coefficient (Wildman–Crippen LogP) is 0.623. The van der Waals surface area contributed by atoms with Gasteiger partial charge in [0, 0.05) is 50.0 Å². The molecule has 0 radical (unpaired) electrons. The Hall–Kier alpha value is -2.30. The van der Waals surface area contributed by atoms with E-state index in [1.165, 1.54) is 7.11 Å². The Morgan fingerprint density at radius 2 is 2.14 bits per heavy atom. The fourth-order valence-corrected chi connectivity index (χ4v) is 3.97. The monoisotopic (exact) mass is 404 g/mol. The third kappa shape index (κ3) is 4.34. The number of carbonyl (C=O) groups is 1. The smallest absolute Gasteiger partial charge is 0.378 e. The molecule has 0 aromatic carbocycles. The molecule has 2 aliphatic heterocycles. The normalized spacial score (nSPS) is 21.4. The van der Waals surface area contributed by atoms with Gasteiger partial charge in [0.15, 0.2) is 0 Å². The molecule has 0 amide bonds. The second kappa shape index (κ2) is 9.02. The molecule has 2 saturated heterocycles. The van der Waals surface area contributed by atoms with Crippen molar-refractivity contribution < 1.29 is 19.0 Å². The molecule has 2 aromatic rings. The number of nitrogens with zero attached hydrogens (tertiary/aromatic N) is 5. The third-order valence-electron chi connectivity index (χ3n) is 5.61. The van der Waals surface area contributed by atoms with Crippen LogP contribution in [0.25, 0.3) is 5.78 Å². The lowest BCUT2D eigenvalue weighted by molar-refractivity contribution is 0.00459. The molecule has 2 aromatic heterocycles. The average Bonchev–Trinajstić information content (AvgIpc) is 3.44. The maximum absolute atomic E-state index is 11.9. The van der Waals surface area contributed by atoms with E-state index in [1.54, 1.807) is 4.52 Å². The Labute approximate surface area is 169 Å². The lowest BCUT2D eigenvalue weighted by atomic mass is 9.97. The first-order valence-corrected chi connectivity index (χ1v) is 10.2. The molecule has 0 aliphatic carbocycles. The van der Waals surface area contributed by atoms with E-state index in [9.17, 15) is 4.79 Å². The number of fused-ring (bicyclic) bond motifs is 1. The van der Waals surface area contributed by atoms with E-state index in [-0.39, 0.29) is 5.82 Å². The molecule has 0 spiro atoms. The van der Waals surface area contributed by atoms with Gasteiger partial charge in [-0.05, 0) is 12.8 Å². The number of nitrogens with one attached hydrogen (secondary N) is 1. The highest BCUT2D eigenvalue weighted by Gasteiger charge is 2.31. The Morgan fingerprint density at radius 3 is 2.83 bits per heavy atom. The highest BCUT2D eigenvalue weighted by molar-refractivity contribution is 5.85. The van der Waals surface area contributed by atoms with Crippen molar-refractivity contribution in [3.63, 3.8) is 0 Å². The minimum atomic E-state index is -0.575. The quantitative estimate of drug-likeness (QED) is 0.665. The highest BCUT2D eigenvalue weighted by atomic mass is 16.5. The molecule has 0 bridgehead atoms. The van der Waals surface area contributed by atoms with Crippen LogP contribution in [0, 0.1) is 5.92 Å².